The summed E-state index contributed by atoms with van der Waals surface area (Å²) in [4.78, 5) is 22.6. The van der Waals surface area contributed by atoms with Crippen LogP contribution in [0.1, 0.15) is 28.9 Å². The number of hydrogen-bond donors (Lipinski definition) is 1. The highest BCUT2D eigenvalue weighted by molar-refractivity contribution is 5.92. The first-order chi connectivity index (χ1) is 9.74. The Labute approximate surface area is 117 Å². The number of rotatable bonds is 4. The van der Waals surface area contributed by atoms with E-state index in [0.717, 1.165) is 18.4 Å². The number of pyridine rings is 2. The van der Waals surface area contributed by atoms with Crippen molar-refractivity contribution >= 4 is 11.6 Å². The van der Waals surface area contributed by atoms with Crippen molar-refractivity contribution in [3.05, 3.63) is 54.1 Å². The highest BCUT2D eigenvalue weighted by Crippen LogP contribution is 2.29. The normalized spacial score (nSPS) is 14.0. The fraction of sp³-hybridized carbons (Fsp3) is 0.267. The molecule has 0 spiro atoms. The molecule has 2 N–H and O–H groups in total. The number of carbonyl (C=O) groups excluding carboxylic acids is 1. The van der Waals surface area contributed by atoms with E-state index >= 15 is 0 Å². The first-order valence-electron chi connectivity index (χ1n) is 6.65. The van der Waals surface area contributed by atoms with Gasteiger partial charge in [-0.05, 0) is 36.6 Å². The summed E-state index contributed by atoms with van der Waals surface area (Å²) < 4.78 is 0. The summed E-state index contributed by atoms with van der Waals surface area (Å²) >= 11 is 0. The van der Waals surface area contributed by atoms with Gasteiger partial charge in [-0.3, -0.25) is 9.78 Å². The maximum atomic E-state index is 12.5. The fourth-order valence-corrected chi connectivity index (χ4v) is 2.12. The van der Waals surface area contributed by atoms with Crippen LogP contribution in [0.2, 0.25) is 0 Å². The number of anilines is 1. The van der Waals surface area contributed by atoms with Gasteiger partial charge in [-0.15, -0.1) is 0 Å². The predicted molar refractivity (Wildman–Crippen MR) is 75.8 cm³/mol. The van der Waals surface area contributed by atoms with Crippen LogP contribution in [0.5, 0.6) is 0 Å². The quantitative estimate of drug-likeness (QED) is 0.918. The molecule has 2 heterocycles. The Balaban J connectivity index is 1.80. The van der Waals surface area contributed by atoms with Crippen LogP contribution in [-0.4, -0.2) is 26.8 Å². The predicted octanol–water partition coefficient (Wildman–Crippen LogP) is 1.86. The average Bonchev–Trinajstić information content (AvgIpc) is 3.30. The zero-order chi connectivity index (χ0) is 13.9. The minimum Gasteiger partial charge on any atom is -0.397 e. The lowest BCUT2D eigenvalue weighted by Crippen LogP contribution is -2.33. The van der Waals surface area contributed by atoms with E-state index in [0.29, 0.717) is 24.0 Å². The van der Waals surface area contributed by atoms with Crippen molar-refractivity contribution in [2.75, 3.05) is 5.73 Å². The van der Waals surface area contributed by atoms with E-state index in [9.17, 15) is 4.79 Å². The van der Waals surface area contributed by atoms with Crippen molar-refractivity contribution in [3.63, 3.8) is 0 Å². The molecule has 3 rings (SSSR count). The van der Waals surface area contributed by atoms with Crippen molar-refractivity contribution in [1.82, 2.24) is 14.9 Å². The lowest BCUT2D eigenvalue weighted by Gasteiger charge is -2.22. The van der Waals surface area contributed by atoms with E-state index in [1.54, 1.807) is 24.5 Å². The minimum absolute atomic E-state index is 0.0450. The zero-order valence-electron chi connectivity index (χ0n) is 11.1. The molecule has 2 aromatic rings. The smallest absolute Gasteiger partial charge is 0.272 e. The van der Waals surface area contributed by atoms with Gasteiger partial charge in [0.15, 0.2) is 0 Å². The van der Waals surface area contributed by atoms with Crippen LogP contribution in [0.15, 0.2) is 42.9 Å². The van der Waals surface area contributed by atoms with Gasteiger partial charge in [0, 0.05) is 25.0 Å². The number of nitrogens with zero attached hydrogens (tertiary/aromatic N) is 3. The summed E-state index contributed by atoms with van der Waals surface area (Å²) in [6, 6.07) is 7.56. The summed E-state index contributed by atoms with van der Waals surface area (Å²) in [5, 5.41) is 0. The van der Waals surface area contributed by atoms with E-state index in [1.165, 1.54) is 6.20 Å². The number of carbonyl (C=O) groups is 1. The maximum absolute atomic E-state index is 12.5. The van der Waals surface area contributed by atoms with E-state index in [-0.39, 0.29) is 5.91 Å². The van der Waals surface area contributed by atoms with Crippen LogP contribution in [-0.2, 0) is 6.54 Å². The zero-order valence-corrected chi connectivity index (χ0v) is 11.1. The van der Waals surface area contributed by atoms with Crippen LogP contribution in [0.25, 0.3) is 0 Å². The van der Waals surface area contributed by atoms with E-state index < -0.39 is 0 Å². The van der Waals surface area contributed by atoms with E-state index in [2.05, 4.69) is 9.97 Å². The summed E-state index contributed by atoms with van der Waals surface area (Å²) in [7, 11) is 0. The first kappa shape index (κ1) is 12.6. The van der Waals surface area contributed by atoms with Gasteiger partial charge < -0.3 is 10.6 Å². The third-order valence-corrected chi connectivity index (χ3v) is 3.33. The Morgan fingerprint density at radius 2 is 2.15 bits per heavy atom. The van der Waals surface area contributed by atoms with E-state index in [1.807, 2.05) is 17.0 Å². The second-order valence-corrected chi connectivity index (χ2v) is 5.00. The Morgan fingerprint density at radius 1 is 1.30 bits per heavy atom. The molecule has 0 aliphatic heterocycles. The molecule has 5 heteroatoms. The average molecular weight is 268 g/mol. The van der Waals surface area contributed by atoms with Gasteiger partial charge in [0.1, 0.15) is 5.69 Å². The molecule has 102 valence electrons. The Hall–Kier alpha value is -2.43. The van der Waals surface area contributed by atoms with Crippen molar-refractivity contribution in [2.45, 2.75) is 25.4 Å². The summed E-state index contributed by atoms with van der Waals surface area (Å²) in [5.41, 5.74) is 7.64. The van der Waals surface area contributed by atoms with Crippen LogP contribution in [0.4, 0.5) is 5.69 Å². The maximum Gasteiger partial charge on any atom is 0.272 e. The van der Waals surface area contributed by atoms with E-state index in [4.69, 9.17) is 5.73 Å². The standard InChI is InChI=1S/C15H16N4O/c16-12-3-6-14(18-9-12)15(20)19(13-4-5-13)10-11-2-1-7-17-8-11/h1-3,6-9,13H,4-5,10,16H2. The van der Waals surface area contributed by atoms with Gasteiger partial charge in [-0.2, -0.15) is 0 Å². The molecule has 1 saturated carbocycles. The van der Waals surface area contributed by atoms with Crippen molar-refractivity contribution in [1.29, 1.82) is 0 Å². The lowest BCUT2D eigenvalue weighted by atomic mass is 10.2. The molecule has 1 aliphatic rings. The van der Waals surface area contributed by atoms with Crippen LogP contribution in [0.3, 0.4) is 0 Å². The Morgan fingerprint density at radius 3 is 2.75 bits per heavy atom. The summed E-state index contributed by atoms with van der Waals surface area (Å²) in [5.74, 6) is -0.0450. The molecule has 0 atom stereocenters. The molecular weight excluding hydrogens is 252 g/mol. The van der Waals surface area contributed by atoms with Gasteiger partial charge in [-0.1, -0.05) is 6.07 Å². The highest BCUT2D eigenvalue weighted by Gasteiger charge is 2.33. The molecule has 1 aliphatic carbocycles. The summed E-state index contributed by atoms with van der Waals surface area (Å²) in [6.45, 7) is 0.573. The van der Waals surface area contributed by atoms with Crippen LogP contribution in [0, 0.1) is 0 Å². The minimum atomic E-state index is -0.0450. The van der Waals surface area contributed by atoms with Crippen molar-refractivity contribution < 1.29 is 4.79 Å². The topological polar surface area (TPSA) is 72.1 Å². The van der Waals surface area contributed by atoms with Gasteiger partial charge in [-0.25, -0.2) is 4.98 Å². The lowest BCUT2D eigenvalue weighted by molar-refractivity contribution is 0.0724. The second kappa shape index (κ2) is 5.28. The third kappa shape index (κ3) is 2.77. The molecular formula is C15H16N4O. The SMILES string of the molecule is Nc1ccc(C(=O)N(Cc2cccnc2)C2CC2)nc1. The third-order valence-electron chi connectivity index (χ3n) is 3.33. The molecule has 0 saturated heterocycles. The molecule has 5 nitrogen and oxygen atoms in total. The molecule has 2 aromatic heterocycles. The molecule has 20 heavy (non-hydrogen) atoms. The first-order valence-corrected chi connectivity index (χ1v) is 6.65. The highest BCUT2D eigenvalue weighted by atomic mass is 16.2. The fourth-order valence-electron chi connectivity index (χ4n) is 2.12. The Kier molecular flexibility index (Phi) is 3.33. The molecule has 0 aromatic carbocycles. The largest absolute Gasteiger partial charge is 0.397 e. The van der Waals surface area contributed by atoms with Gasteiger partial charge in [0.05, 0.1) is 11.9 Å². The van der Waals surface area contributed by atoms with Crippen LogP contribution >= 0.6 is 0 Å². The Bertz CT molecular complexity index is 593. The van der Waals surface area contributed by atoms with Gasteiger partial charge in [0.25, 0.3) is 5.91 Å². The number of amides is 1. The van der Waals surface area contributed by atoms with Crippen molar-refractivity contribution in [3.8, 4) is 0 Å². The number of aromatic nitrogens is 2. The molecule has 1 fully saturated rings. The molecule has 0 unspecified atom stereocenters. The number of nitrogens with two attached hydrogens (primary N) is 1. The van der Waals surface area contributed by atoms with Crippen molar-refractivity contribution in [2.24, 2.45) is 0 Å². The number of hydrogen-bond acceptors (Lipinski definition) is 4. The van der Waals surface area contributed by atoms with Crippen LogP contribution < -0.4 is 5.73 Å². The molecule has 1 amide bonds. The summed E-state index contributed by atoms with van der Waals surface area (Å²) in [6.07, 6.45) is 7.15. The second-order valence-electron chi connectivity index (χ2n) is 5.00. The number of nitrogen functional groups attached to an aromatic ring is 1. The van der Waals surface area contributed by atoms with Gasteiger partial charge >= 0.3 is 0 Å². The molecule has 0 radical (unpaired) electrons. The van der Waals surface area contributed by atoms with Gasteiger partial charge in [0.2, 0.25) is 0 Å². The molecule has 0 bridgehead atoms. The monoisotopic (exact) mass is 268 g/mol.